The van der Waals surface area contributed by atoms with Gasteiger partial charge in [-0.15, -0.1) is 0 Å². The molecule has 0 aromatic heterocycles. The zero-order valence-electron chi connectivity index (χ0n) is 10.8. The second-order valence-corrected chi connectivity index (χ2v) is 6.53. The van der Waals surface area contributed by atoms with E-state index in [0.29, 0.717) is 18.3 Å². The molecule has 1 aromatic carbocycles. The lowest BCUT2D eigenvalue weighted by Gasteiger charge is -2.19. The van der Waals surface area contributed by atoms with Crippen molar-refractivity contribution in [2.24, 2.45) is 0 Å². The summed E-state index contributed by atoms with van der Waals surface area (Å²) in [6.45, 7) is 3.11. The molecule has 0 heterocycles. The van der Waals surface area contributed by atoms with Crippen LogP contribution in [0.5, 0.6) is 0 Å². The molecular weight excluding hydrogens is 517 g/mol. The predicted octanol–water partition coefficient (Wildman–Crippen LogP) is 3.89. The highest BCUT2D eigenvalue weighted by Gasteiger charge is 2.39. The van der Waals surface area contributed by atoms with Crippen molar-refractivity contribution in [1.82, 2.24) is 0 Å². The van der Waals surface area contributed by atoms with Crippen LogP contribution in [-0.2, 0) is 9.59 Å². The van der Waals surface area contributed by atoms with Gasteiger partial charge in [0.05, 0.1) is 11.6 Å². The average Bonchev–Trinajstić information content (AvgIpc) is 2.32. The van der Waals surface area contributed by atoms with Crippen LogP contribution in [0, 0.1) is 14.1 Å². The quantitative estimate of drug-likeness (QED) is 0.587. The Labute approximate surface area is 145 Å². The standard InChI is InChI=1S/C12H10F3I2NO3/c1-4-3-6(16)9(18-11(21)12(13,14)15)8(17)7(4)5(2)10(19)20/h3,5H,1-2H3,(H,18,21)(H,19,20). The SMILES string of the molecule is Cc1cc(I)c(NC(=O)C(F)(F)F)c(I)c1C(C)C(=O)O. The molecule has 1 rings (SSSR count). The lowest BCUT2D eigenvalue weighted by molar-refractivity contribution is -0.167. The molecule has 21 heavy (non-hydrogen) atoms. The maximum absolute atomic E-state index is 12.4. The fraction of sp³-hybridized carbons (Fsp3) is 0.333. The van der Waals surface area contributed by atoms with E-state index in [1.165, 1.54) is 6.92 Å². The molecule has 0 aliphatic rings. The molecule has 1 unspecified atom stereocenters. The van der Waals surface area contributed by atoms with Crippen molar-refractivity contribution in [1.29, 1.82) is 0 Å². The van der Waals surface area contributed by atoms with E-state index in [4.69, 9.17) is 5.11 Å². The number of alkyl halides is 3. The maximum Gasteiger partial charge on any atom is 0.471 e. The smallest absolute Gasteiger partial charge is 0.471 e. The average molecular weight is 527 g/mol. The van der Waals surface area contributed by atoms with Gasteiger partial charge in [-0.05, 0) is 76.2 Å². The zero-order valence-corrected chi connectivity index (χ0v) is 15.1. The van der Waals surface area contributed by atoms with Crippen LogP contribution in [0.15, 0.2) is 6.07 Å². The van der Waals surface area contributed by atoms with Crippen LogP contribution in [0.2, 0.25) is 0 Å². The summed E-state index contributed by atoms with van der Waals surface area (Å²) >= 11 is 3.55. The first kappa shape index (κ1) is 18.5. The molecule has 116 valence electrons. The number of hydrogen-bond acceptors (Lipinski definition) is 2. The van der Waals surface area contributed by atoms with Gasteiger partial charge in [0.2, 0.25) is 0 Å². The maximum atomic E-state index is 12.4. The molecule has 1 amide bonds. The molecule has 0 saturated heterocycles. The van der Waals surface area contributed by atoms with E-state index < -0.39 is 24.0 Å². The second-order valence-electron chi connectivity index (χ2n) is 4.29. The van der Waals surface area contributed by atoms with Gasteiger partial charge in [0.25, 0.3) is 0 Å². The van der Waals surface area contributed by atoms with E-state index in [1.807, 2.05) is 5.32 Å². The third-order valence-corrected chi connectivity index (χ3v) is 4.73. The van der Waals surface area contributed by atoms with Crippen molar-refractivity contribution in [2.45, 2.75) is 25.9 Å². The Kier molecular flexibility index (Phi) is 5.86. The Morgan fingerprint density at radius 2 is 1.86 bits per heavy atom. The monoisotopic (exact) mass is 527 g/mol. The van der Waals surface area contributed by atoms with Crippen molar-refractivity contribution < 1.29 is 27.9 Å². The largest absolute Gasteiger partial charge is 0.481 e. The number of benzene rings is 1. The molecule has 1 atom stereocenters. The number of nitrogens with one attached hydrogen (secondary N) is 1. The minimum absolute atomic E-state index is 0.0211. The predicted molar refractivity (Wildman–Crippen MR) is 87.3 cm³/mol. The molecule has 9 heteroatoms. The lowest BCUT2D eigenvalue weighted by Crippen LogP contribution is -2.31. The second kappa shape index (κ2) is 6.67. The number of carbonyl (C=O) groups is 2. The molecule has 1 aromatic rings. The lowest BCUT2D eigenvalue weighted by atomic mass is 9.96. The molecule has 0 bridgehead atoms. The van der Waals surface area contributed by atoms with Gasteiger partial charge in [0.15, 0.2) is 0 Å². The fourth-order valence-electron chi connectivity index (χ4n) is 1.71. The number of carbonyl (C=O) groups excluding carboxylic acids is 1. The Morgan fingerprint density at radius 3 is 2.29 bits per heavy atom. The van der Waals surface area contributed by atoms with Crippen molar-refractivity contribution in [3.8, 4) is 0 Å². The van der Waals surface area contributed by atoms with Crippen molar-refractivity contribution in [3.63, 3.8) is 0 Å². The van der Waals surface area contributed by atoms with Gasteiger partial charge in [-0.2, -0.15) is 13.2 Å². The molecule has 0 spiro atoms. The number of amides is 1. The minimum Gasteiger partial charge on any atom is -0.481 e. The number of rotatable bonds is 3. The number of halogens is 5. The summed E-state index contributed by atoms with van der Waals surface area (Å²) in [6.07, 6.45) is -5.00. The highest BCUT2D eigenvalue weighted by Crippen LogP contribution is 2.35. The summed E-state index contributed by atoms with van der Waals surface area (Å²) in [6, 6.07) is 1.55. The Balaban J connectivity index is 3.38. The summed E-state index contributed by atoms with van der Waals surface area (Å²) in [4.78, 5) is 22.2. The van der Waals surface area contributed by atoms with Gasteiger partial charge in [0.1, 0.15) is 0 Å². The van der Waals surface area contributed by atoms with Crippen LogP contribution in [-0.4, -0.2) is 23.2 Å². The third-order valence-electron chi connectivity index (χ3n) is 2.76. The summed E-state index contributed by atoms with van der Waals surface area (Å²) in [7, 11) is 0. The molecule has 0 aliphatic carbocycles. The van der Waals surface area contributed by atoms with Gasteiger partial charge >= 0.3 is 18.1 Å². The van der Waals surface area contributed by atoms with Gasteiger partial charge in [0, 0.05) is 7.14 Å². The number of carboxylic acids is 1. The Hall–Kier alpha value is -0.590. The number of hydrogen-bond donors (Lipinski definition) is 2. The molecule has 0 saturated carbocycles. The first-order valence-electron chi connectivity index (χ1n) is 5.56. The minimum atomic E-state index is -5.00. The van der Waals surface area contributed by atoms with Crippen molar-refractivity contribution >= 4 is 62.7 Å². The van der Waals surface area contributed by atoms with Crippen LogP contribution >= 0.6 is 45.2 Å². The number of aryl methyl sites for hydroxylation is 1. The normalized spacial score (nSPS) is 12.9. The number of aliphatic carboxylic acids is 1. The van der Waals surface area contributed by atoms with Gasteiger partial charge in [-0.1, -0.05) is 0 Å². The zero-order chi connectivity index (χ0) is 16.5. The van der Waals surface area contributed by atoms with E-state index in [9.17, 15) is 22.8 Å². The topological polar surface area (TPSA) is 66.4 Å². The highest BCUT2D eigenvalue weighted by molar-refractivity contribution is 14.1. The van der Waals surface area contributed by atoms with E-state index in [0.717, 1.165) is 0 Å². The summed E-state index contributed by atoms with van der Waals surface area (Å²) in [5.41, 5.74) is 1.01. The van der Waals surface area contributed by atoms with Crippen LogP contribution in [0.25, 0.3) is 0 Å². The third kappa shape index (κ3) is 4.20. The molecule has 0 fully saturated rings. The number of carboxylic acid groups (broad SMARTS) is 1. The van der Waals surface area contributed by atoms with Gasteiger partial charge in [-0.25, -0.2) is 0 Å². The first-order chi connectivity index (χ1) is 9.46. The van der Waals surface area contributed by atoms with E-state index in [-0.39, 0.29) is 5.69 Å². The van der Waals surface area contributed by atoms with Gasteiger partial charge < -0.3 is 10.4 Å². The fourth-order valence-corrected chi connectivity index (χ4v) is 4.41. The van der Waals surface area contributed by atoms with E-state index >= 15 is 0 Å². The first-order valence-corrected chi connectivity index (χ1v) is 7.72. The van der Waals surface area contributed by atoms with Crippen LogP contribution in [0.4, 0.5) is 18.9 Å². The van der Waals surface area contributed by atoms with Crippen LogP contribution < -0.4 is 5.32 Å². The summed E-state index contributed by atoms with van der Waals surface area (Å²) < 4.78 is 37.8. The van der Waals surface area contributed by atoms with Gasteiger partial charge in [-0.3, -0.25) is 9.59 Å². The highest BCUT2D eigenvalue weighted by atomic mass is 127. The molecule has 0 aliphatic heterocycles. The molecule has 0 radical (unpaired) electrons. The van der Waals surface area contributed by atoms with Crippen molar-refractivity contribution in [2.75, 3.05) is 5.32 Å². The van der Waals surface area contributed by atoms with Crippen molar-refractivity contribution in [3.05, 3.63) is 24.3 Å². The summed E-state index contributed by atoms with van der Waals surface area (Å²) in [5.74, 6) is -4.07. The number of anilines is 1. The Bertz CT molecular complexity index is 602. The van der Waals surface area contributed by atoms with Crippen LogP contribution in [0.1, 0.15) is 24.0 Å². The molecular formula is C12H10F3I2NO3. The van der Waals surface area contributed by atoms with Crippen LogP contribution in [0.3, 0.4) is 0 Å². The van der Waals surface area contributed by atoms with E-state index in [1.54, 1.807) is 58.2 Å². The molecule has 4 nitrogen and oxygen atoms in total. The van der Waals surface area contributed by atoms with E-state index in [2.05, 4.69) is 0 Å². The Morgan fingerprint density at radius 1 is 1.33 bits per heavy atom. The molecule has 2 N–H and O–H groups in total. The summed E-state index contributed by atoms with van der Waals surface area (Å²) in [5, 5.41) is 10.9.